The van der Waals surface area contributed by atoms with Crippen LogP contribution < -0.4 is 10.1 Å². The summed E-state index contributed by atoms with van der Waals surface area (Å²) < 4.78 is 5.45. The molecule has 0 aliphatic heterocycles. The molecule has 0 bridgehead atoms. The van der Waals surface area contributed by atoms with Crippen LogP contribution in [-0.4, -0.2) is 19.5 Å². The first-order chi connectivity index (χ1) is 8.60. The average Bonchev–Trinajstić information content (AvgIpc) is 2.35. The van der Waals surface area contributed by atoms with Gasteiger partial charge in [-0.1, -0.05) is 19.9 Å². The highest BCUT2D eigenvalue weighted by Gasteiger charge is 2.10. The van der Waals surface area contributed by atoms with Gasteiger partial charge in [-0.05, 0) is 48.6 Å². The number of halogens is 1. The number of hydrogen-bond donors (Lipinski definition) is 1. The second kappa shape index (κ2) is 7.65. The predicted octanol–water partition coefficient (Wildman–Crippen LogP) is 3.85. The van der Waals surface area contributed by atoms with E-state index in [1.54, 1.807) is 7.11 Å². The summed E-state index contributed by atoms with van der Waals surface area (Å²) in [6.07, 6.45) is 1.01. The Morgan fingerprint density at radius 3 is 2.61 bits per heavy atom. The highest BCUT2D eigenvalue weighted by Crippen LogP contribution is 2.29. The van der Waals surface area contributed by atoms with Crippen molar-refractivity contribution in [3.63, 3.8) is 0 Å². The van der Waals surface area contributed by atoms with Crippen LogP contribution in [-0.2, 0) is 6.54 Å². The largest absolute Gasteiger partial charge is 0.496 e. The fourth-order valence-corrected chi connectivity index (χ4v) is 2.11. The van der Waals surface area contributed by atoms with E-state index in [1.807, 2.05) is 0 Å². The van der Waals surface area contributed by atoms with Crippen molar-refractivity contribution in [3.8, 4) is 5.75 Å². The Bertz CT molecular complexity index is 377. The molecule has 102 valence electrons. The molecule has 1 rings (SSSR count). The van der Waals surface area contributed by atoms with Gasteiger partial charge in [0.15, 0.2) is 0 Å². The maximum Gasteiger partial charge on any atom is 0.122 e. The lowest BCUT2D eigenvalue weighted by molar-refractivity contribution is 0.407. The minimum atomic E-state index is 0.474. The molecule has 0 aliphatic carbocycles. The first-order valence-electron chi connectivity index (χ1n) is 6.54. The van der Waals surface area contributed by atoms with E-state index in [1.165, 1.54) is 16.7 Å². The topological polar surface area (TPSA) is 21.3 Å². The number of alkyl halides is 1. The summed E-state index contributed by atoms with van der Waals surface area (Å²) >= 11 is 5.66. The van der Waals surface area contributed by atoms with Gasteiger partial charge >= 0.3 is 0 Å². The molecule has 0 spiro atoms. The molecule has 18 heavy (non-hydrogen) atoms. The molecule has 0 aliphatic rings. The lowest BCUT2D eigenvalue weighted by Gasteiger charge is -2.16. The molecule has 0 unspecified atom stereocenters. The summed E-state index contributed by atoms with van der Waals surface area (Å²) in [5, 5.41) is 3.42. The van der Waals surface area contributed by atoms with Gasteiger partial charge in [0, 0.05) is 12.4 Å². The van der Waals surface area contributed by atoms with E-state index in [0.717, 1.165) is 25.3 Å². The summed E-state index contributed by atoms with van der Waals surface area (Å²) in [6.45, 7) is 8.37. The van der Waals surface area contributed by atoms with Crippen molar-refractivity contribution in [1.82, 2.24) is 5.32 Å². The van der Waals surface area contributed by atoms with Crippen molar-refractivity contribution < 1.29 is 4.74 Å². The highest BCUT2D eigenvalue weighted by atomic mass is 35.5. The SMILES string of the molecule is COc1cc(C)c(CNCCCCl)cc1C(C)C. The minimum Gasteiger partial charge on any atom is -0.496 e. The Balaban J connectivity index is 2.81. The summed E-state index contributed by atoms with van der Waals surface area (Å²) in [4.78, 5) is 0. The van der Waals surface area contributed by atoms with Crippen LogP contribution in [0.2, 0.25) is 0 Å². The molecule has 1 aromatic carbocycles. The second-order valence-electron chi connectivity index (χ2n) is 4.89. The van der Waals surface area contributed by atoms with Gasteiger partial charge in [-0.2, -0.15) is 0 Å². The quantitative estimate of drug-likeness (QED) is 0.600. The smallest absolute Gasteiger partial charge is 0.122 e. The standard InChI is InChI=1S/C15H24ClNO/c1-11(2)14-9-13(10-17-7-5-6-16)12(3)8-15(14)18-4/h8-9,11,17H,5-7,10H2,1-4H3. The zero-order chi connectivity index (χ0) is 13.5. The first-order valence-corrected chi connectivity index (χ1v) is 7.07. The van der Waals surface area contributed by atoms with Crippen molar-refractivity contribution in [2.75, 3.05) is 19.5 Å². The van der Waals surface area contributed by atoms with Crippen LogP contribution in [0.25, 0.3) is 0 Å². The van der Waals surface area contributed by atoms with Crippen LogP contribution in [0.5, 0.6) is 5.75 Å². The normalized spacial score (nSPS) is 11.0. The lowest BCUT2D eigenvalue weighted by Crippen LogP contribution is -2.16. The number of aryl methyl sites for hydroxylation is 1. The van der Waals surface area contributed by atoms with Crippen molar-refractivity contribution in [2.45, 2.75) is 39.7 Å². The molecule has 0 atom stereocenters. The van der Waals surface area contributed by atoms with E-state index in [0.29, 0.717) is 11.8 Å². The van der Waals surface area contributed by atoms with E-state index < -0.39 is 0 Å². The van der Waals surface area contributed by atoms with Crippen molar-refractivity contribution in [3.05, 3.63) is 28.8 Å². The van der Waals surface area contributed by atoms with E-state index >= 15 is 0 Å². The third-order valence-electron chi connectivity index (χ3n) is 3.11. The monoisotopic (exact) mass is 269 g/mol. The molecule has 3 heteroatoms. The molecule has 1 aromatic rings. The zero-order valence-corrected chi connectivity index (χ0v) is 12.6. The molecule has 0 heterocycles. The van der Waals surface area contributed by atoms with Crippen LogP contribution in [0.15, 0.2) is 12.1 Å². The van der Waals surface area contributed by atoms with Gasteiger partial charge in [-0.25, -0.2) is 0 Å². The molecule has 1 N–H and O–H groups in total. The van der Waals surface area contributed by atoms with Gasteiger partial charge in [0.1, 0.15) is 5.75 Å². The number of methoxy groups -OCH3 is 1. The van der Waals surface area contributed by atoms with Crippen LogP contribution >= 0.6 is 11.6 Å². The maximum atomic E-state index is 5.66. The third kappa shape index (κ3) is 4.18. The second-order valence-corrected chi connectivity index (χ2v) is 5.27. The molecule has 0 radical (unpaired) electrons. The zero-order valence-electron chi connectivity index (χ0n) is 11.8. The van der Waals surface area contributed by atoms with E-state index in [2.05, 4.69) is 38.2 Å². The van der Waals surface area contributed by atoms with Crippen molar-refractivity contribution in [1.29, 1.82) is 0 Å². The number of ether oxygens (including phenoxy) is 1. The Morgan fingerprint density at radius 1 is 1.33 bits per heavy atom. The van der Waals surface area contributed by atoms with E-state index in [9.17, 15) is 0 Å². The third-order valence-corrected chi connectivity index (χ3v) is 3.38. The first kappa shape index (κ1) is 15.3. The fourth-order valence-electron chi connectivity index (χ4n) is 1.98. The summed E-state index contributed by atoms with van der Waals surface area (Å²) in [5.41, 5.74) is 3.89. The molecular weight excluding hydrogens is 246 g/mol. The van der Waals surface area contributed by atoms with Crippen LogP contribution in [0.1, 0.15) is 42.9 Å². The average molecular weight is 270 g/mol. The summed E-state index contributed by atoms with van der Waals surface area (Å²) in [6, 6.07) is 4.39. The van der Waals surface area contributed by atoms with Gasteiger partial charge in [0.2, 0.25) is 0 Å². The predicted molar refractivity (Wildman–Crippen MR) is 78.9 cm³/mol. The number of rotatable bonds is 7. The molecule has 0 amide bonds. The van der Waals surface area contributed by atoms with Gasteiger partial charge in [0.05, 0.1) is 7.11 Å². The maximum absolute atomic E-state index is 5.66. The Labute approximate surface area is 116 Å². The molecule has 0 saturated heterocycles. The highest BCUT2D eigenvalue weighted by molar-refractivity contribution is 6.17. The molecular formula is C15H24ClNO. The van der Waals surface area contributed by atoms with Crippen LogP contribution in [0.4, 0.5) is 0 Å². The van der Waals surface area contributed by atoms with Gasteiger partial charge in [-0.3, -0.25) is 0 Å². The molecule has 0 fully saturated rings. The van der Waals surface area contributed by atoms with Crippen molar-refractivity contribution in [2.24, 2.45) is 0 Å². The molecule has 2 nitrogen and oxygen atoms in total. The van der Waals surface area contributed by atoms with Crippen LogP contribution in [0.3, 0.4) is 0 Å². The van der Waals surface area contributed by atoms with Gasteiger partial charge < -0.3 is 10.1 Å². The Morgan fingerprint density at radius 2 is 2.06 bits per heavy atom. The Hall–Kier alpha value is -0.730. The molecule has 0 aromatic heterocycles. The van der Waals surface area contributed by atoms with Crippen LogP contribution in [0, 0.1) is 6.92 Å². The Kier molecular flexibility index (Phi) is 6.51. The van der Waals surface area contributed by atoms with Gasteiger partial charge in [-0.15, -0.1) is 11.6 Å². The van der Waals surface area contributed by atoms with E-state index in [-0.39, 0.29) is 0 Å². The summed E-state index contributed by atoms with van der Waals surface area (Å²) in [5.74, 6) is 2.18. The molecule has 0 saturated carbocycles. The van der Waals surface area contributed by atoms with Gasteiger partial charge in [0.25, 0.3) is 0 Å². The van der Waals surface area contributed by atoms with Crippen molar-refractivity contribution >= 4 is 11.6 Å². The number of hydrogen-bond acceptors (Lipinski definition) is 2. The van der Waals surface area contributed by atoms with E-state index in [4.69, 9.17) is 16.3 Å². The number of nitrogens with one attached hydrogen (secondary N) is 1. The summed E-state index contributed by atoms with van der Waals surface area (Å²) in [7, 11) is 1.74. The fraction of sp³-hybridized carbons (Fsp3) is 0.600. The minimum absolute atomic E-state index is 0.474. The lowest BCUT2D eigenvalue weighted by atomic mass is 9.96. The number of benzene rings is 1.